The Bertz CT molecular complexity index is 1450. The van der Waals surface area contributed by atoms with Gasteiger partial charge in [-0.1, -0.05) is 18.2 Å². The van der Waals surface area contributed by atoms with Gasteiger partial charge < -0.3 is 14.2 Å². The summed E-state index contributed by atoms with van der Waals surface area (Å²) in [5, 5.41) is -0.499. The van der Waals surface area contributed by atoms with Crippen molar-refractivity contribution in [2.45, 2.75) is 64.7 Å². The molecule has 3 atom stereocenters. The fourth-order valence-corrected chi connectivity index (χ4v) is 6.08. The second-order valence-electron chi connectivity index (χ2n) is 9.61. The van der Waals surface area contributed by atoms with Crippen LogP contribution in [0.3, 0.4) is 0 Å². The number of esters is 1. The molecule has 0 fully saturated rings. The van der Waals surface area contributed by atoms with Crippen LogP contribution in [0.4, 0.5) is 13.2 Å². The first kappa shape index (κ1) is 32.6. The maximum absolute atomic E-state index is 13.0. The first-order valence-electron chi connectivity index (χ1n) is 13.0. The second kappa shape index (κ2) is 13.3. The van der Waals surface area contributed by atoms with Crippen molar-refractivity contribution in [1.29, 1.82) is 0 Å². The number of aryl methyl sites for hydroxylation is 2. The lowest BCUT2D eigenvalue weighted by atomic mass is 10.0. The van der Waals surface area contributed by atoms with Crippen molar-refractivity contribution in [1.82, 2.24) is 4.98 Å². The summed E-state index contributed by atoms with van der Waals surface area (Å²) >= 11 is 1.18. The third-order valence-corrected chi connectivity index (χ3v) is 9.42. The van der Waals surface area contributed by atoms with E-state index in [9.17, 15) is 26.4 Å². The minimum absolute atomic E-state index is 0.242. The summed E-state index contributed by atoms with van der Waals surface area (Å²) in [5.41, 5.74) is 1.89. The van der Waals surface area contributed by atoms with E-state index in [1.165, 1.54) is 23.5 Å². The molecule has 3 unspecified atom stereocenters. The lowest BCUT2D eigenvalue weighted by Gasteiger charge is -2.24. The van der Waals surface area contributed by atoms with Gasteiger partial charge in [0.1, 0.15) is 16.0 Å². The van der Waals surface area contributed by atoms with Crippen molar-refractivity contribution < 1.29 is 40.6 Å². The molecule has 3 rings (SSSR count). The zero-order chi connectivity index (χ0) is 30.5. The van der Waals surface area contributed by atoms with Gasteiger partial charge in [-0.2, -0.15) is 13.2 Å². The van der Waals surface area contributed by atoms with Crippen LogP contribution in [0.25, 0.3) is 10.6 Å². The molecule has 0 aliphatic heterocycles. The molecule has 0 saturated carbocycles. The van der Waals surface area contributed by atoms with Gasteiger partial charge in [0.15, 0.2) is 22.0 Å². The number of sulfone groups is 1. The second-order valence-corrected chi connectivity index (χ2v) is 13.0. The molecule has 2 aromatic carbocycles. The Kier molecular flexibility index (Phi) is 10.6. The fourth-order valence-electron chi connectivity index (χ4n) is 4.15. The van der Waals surface area contributed by atoms with Crippen molar-refractivity contribution >= 4 is 27.1 Å². The third-order valence-electron chi connectivity index (χ3n) is 6.55. The van der Waals surface area contributed by atoms with Gasteiger partial charge in [0.25, 0.3) is 0 Å². The van der Waals surface area contributed by atoms with Gasteiger partial charge >= 0.3 is 12.1 Å². The van der Waals surface area contributed by atoms with Crippen LogP contribution in [0, 0.1) is 13.8 Å². The Hall–Kier alpha value is -2.96. The molecule has 0 N–H and O–H groups in total. The third kappa shape index (κ3) is 8.30. The maximum Gasteiger partial charge on any atom is 0.416 e. The molecule has 7 nitrogen and oxygen atoms in total. The zero-order valence-corrected chi connectivity index (χ0v) is 25.4. The first-order chi connectivity index (χ1) is 19.1. The molecule has 0 bridgehead atoms. The average molecular weight is 614 g/mol. The SMILES string of the molecule is CCOC(=O)C(Cc1ccc(OC(c2sc(-c3ccc(C(F)(F)F)cc3)nc2C)C(C)S(C)(=O)=O)cc1C)OCC. The minimum atomic E-state index is -4.46. The maximum atomic E-state index is 13.0. The van der Waals surface area contributed by atoms with Gasteiger partial charge in [-0.05, 0) is 70.0 Å². The molecule has 224 valence electrons. The number of thiazole rings is 1. The van der Waals surface area contributed by atoms with E-state index in [0.717, 1.165) is 29.5 Å². The van der Waals surface area contributed by atoms with Crippen LogP contribution in [-0.4, -0.2) is 50.2 Å². The van der Waals surface area contributed by atoms with Gasteiger partial charge in [0.2, 0.25) is 0 Å². The van der Waals surface area contributed by atoms with Crippen molar-refractivity contribution in [3.63, 3.8) is 0 Å². The predicted octanol–water partition coefficient (Wildman–Crippen LogP) is 6.51. The molecule has 12 heteroatoms. The largest absolute Gasteiger partial charge is 0.483 e. The van der Waals surface area contributed by atoms with Crippen LogP contribution in [0.5, 0.6) is 5.75 Å². The van der Waals surface area contributed by atoms with E-state index >= 15 is 0 Å². The van der Waals surface area contributed by atoms with Gasteiger partial charge in [-0.25, -0.2) is 18.2 Å². The monoisotopic (exact) mass is 613 g/mol. The van der Waals surface area contributed by atoms with Crippen molar-refractivity contribution in [2.24, 2.45) is 0 Å². The van der Waals surface area contributed by atoms with Crippen molar-refractivity contribution in [3.8, 4) is 16.3 Å². The summed E-state index contributed by atoms with van der Waals surface area (Å²) in [5.74, 6) is -0.0274. The van der Waals surface area contributed by atoms with E-state index in [2.05, 4.69) is 4.98 Å². The van der Waals surface area contributed by atoms with E-state index in [1.807, 2.05) is 6.92 Å². The molecule has 41 heavy (non-hydrogen) atoms. The van der Waals surface area contributed by atoms with Gasteiger partial charge in [0, 0.05) is 24.8 Å². The Labute approximate surface area is 242 Å². The number of aromatic nitrogens is 1. The molecule has 3 aromatic rings. The number of carbonyl (C=O) groups is 1. The standard InChI is InChI=1S/C29H34F3NO6S2/c1-7-37-24(28(34)38-8-2)16-21-11-14-23(15-17(21)3)39-25(19(5)41(6,35)36)26-18(4)33-27(40-26)20-9-12-22(13-10-20)29(30,31)32/h9-15,19,24-25H,7-8,16H2,1-6H3. The highest BCUT2D eigenvalue weighted by atomic mass is 32.2. The summed E-state index contributed by atoms with van der Waals surface area (Å²) < 4.78 is 81.2. The Morgan fingerprint density at radius 3 is 2.24 bits per heavy atom. The minimum Gasteiger partial charge on any atom is -0.483 e. The Balaban J connectivity index is 1.93. The first-order valence-corrected chi connectivity index (χ1v) is 15.8. The lowest BCUT2D eigenvalue weighted by Crippen LogP contribution is -2.29. The van der Waals surface area contributed by atoms with Gasteiger partial charge in [-0.3, -0.25) is 0 Å². The highest BCUT2D eigenvalue weighted by Gasteiger charge is 2.34. The lowest BCUT2D eigenvalue weighted by molar-refractivity contribution is -0.156. The van der Waals surface area contributed by atoms with Crippen LogP contribution in [-0.2, 0) is 36.7 Å². The number of rotatable bonds is 12. The zero-order valence-electron chi connectivity index (χ0n) is 23.7. The van der Waals surface area contributed by atoms with Crippen molar-refractivity contribution in [3.05, 3.63) is 69.7 Å². The van der Waals surface area contributed by atoms with E-state index in [1.54, 1.807) is 45.9 Å². The van der Waals surface area contributed by atoms with E-state index in [4.69, 9.17) is 14.2 Å². The molecule has 0 spiro atoms. The van der Waals surface area contributed by atoms with Crippen LogP contribution in [0.15, 0.2) is 42.5 Å². The molecule has 1 aromatic heterocycles. The number of halogens is 3. The number of benzene rings is 2. The smallest absolute Gasteiger partial charge is 0.416 e. The number of hydrogen-bond donors (Lipinski definition) is 0. The van der Waals surface area contributed by atoms with E-state index in [0.29, 0.717) is 39.9 Å². The molecule has 0 amide bonds. The summed E-state index contributed by atoms with van der Waals surface area (Å²) in [4.78, 5) is 17.4. The van der Waals surface area contributed by atoms with Crippen LogP contribution < -0.4 is 4.74 Å². The average Bonchev–Trinajstić information content (AvgIpc) is 3.28. The summed E-state index contributed by atoms with van der Waals surface area (Å²) in [6.07, 6.45) is -4.72. The van der Waals surface area contributed by atoms with Gasteiger partial charge in [-0.15, -0.1) is 11.3 Å². The topological polar surface area (TPSA) is 91.8 Å². The van der Waals surface area contributed by atoms with Crippen LogP contribution in [0.2, 0.25) is 0 Å². The Morgan fingerprint density at radius 1 is 1.05 bits per heavy atom. The fraction of sp³-hybridized carbons (Fsp3) is 0.448. The molecular formula is C29H34F3NO6S2. The number of carbonyl (C=O) groups excluding carboxylic acids is 1. The highest BCUT2D eigenvalue weighted by molar-refractivity contribution is 7.91. The molecule has 0 aliphatic rings. The van der Waals surface area contributed by atoms with Crippen molar-refractivity contribution in [2.75, 3.05) is 19.5 Å². The van der Waals surface area contributed by atoms with Gasteiger partial charge in [0.05, 0.1) is 22.7 Å². The quantitative estimate of drug-likeness (QED) is 0.215. The number of nitrogens with zero attached hydrogens (tertiary/aromatic N) is 1. The van der Waals surface area contributed by atoms with E-state index in [-0.39, 0.29) is 6.61 Å². The highest BCUT2D eigenvalue weighted by Crippen LogP contribution is 2.39. The Morgan fingerprint density at radius 2 is 1.71 bits per heavy atom. The molecule has 1 heterocycles. The summed E-state index contributed by atoms with van der Waals surface area (Å²) in [6, 6.07) is 9.92. The van der Waals surface area contributed by atoms with Crippen LogP contribution >= 0.6 is 11.3 Å². The molecule has 0 aliphatic carbocycles. The number of hydrogen-bond acceptors (Lipinski definition) is 8. The number of ether oxygens (including phenoxy) is 3. The molecular weight excluding hydrogens is 579 g/mol. The predicted molar refractivity (Wildman–Crippen MR) is 152 cm³/mol. The van der Waals surface area contributed by atoms with Crippen LogP contribution in [0.1, 0.15) is 54.1 Å². The molecule has 0 radical (unpaired) electrons. The molecule has 0 saturated heterocycles. The number of alkyl halides is 3. The van der Waals surface area contributed by atoms with E-state index < -0.39 is 45.0 Å². The normalized spacial score (nSPS) is 14.4. The summed E-state index contributed by atoms with van der Waals surface area (Å²) in [6.45, 7) is 9.22. The summed E-state index contributed by atoms with van der Waals surface area (Å²) in [7, 11) is -3.56.